The molecule has 108 valence electrons. The number of nitrogens with one attached hydrogen (secondary N) is 1. The lowest BCUT2D eigenvalue weighted by atomic mass is 10.3. The van der Waals surface area contributed by atoms with Crippen molar-refractivity contribution < 1.29 is 14.3 Å². The summed E-state index contributed by atoms with van der Waals surface area (Å²) in [5.41, 5.74) is 0.877. The van der Waals surface area contributed by atoms with E-state index in [0.29, 0.717) is 13.0 Å². The van der Waals surface area contributed by atoms with Crippen molar-refractivity contribution in [3.63, 3.8) is 0 Å². The fourth-order valence-electron chi connectivity index (χ4n) is 1.47. The van der Waals surface area contributed by atoms with Crippen LogP contribution in [-0.2, 0) is 20.9 Å². The number of rotatable bonds is 7. The number of nitrogens with zero attached hydrogens (tertiary/aromatic N) is 1. The lowest BCUT2D eigenvalue weighted by molar-refractivity contribution is -0.148. The predicted octanol–water partition coefficient (Wildman–Crippen LogP) is 0.291. The summed E-state index contributed by atoms with van der Waals surface area (Å²) in [7, 11) is 0. The summed E-state index contributed by atoms with van der Waals surface area (Å²) in [6.07, 6.45) is 5.62. The molecule has 1 aromatic rings. The largest absolute Gasteiger partial charge is 0.456 e. The highest BCUT2D eigenvalue weighted by atomic mass is 32.1. The van der Waals surface area contributed by atoms with E-state index in [1.54, 1.807) is 9.95 Å². The summed E-state index contributed by atoms with van der Waals surface area (Å²) >= 11 is 1.13. The number of hydrogen-bond acceptors (Lipinski definition) is 5. The van der Waals surface area contributed by atoms with Crippen LogP contribution >= 0.6 is 11.3 Å². The molecule has 0 aliphatic heterocycles. The molecule has 0 spiro atoms. The molecule has 1 amide bonds. The van der Waals surface area contributed by atoms with E-state index in [1.165, 1.54) is 0 Å². The Bertz CT molecular complexity index is 568. The van der Waals surface area contributed by atoms with E-state index < -0.39 is 11.9 Å². The van der Waals surface area contributed by atoms with E-state index in [9.17, 15) is 14.4 Å². The topological polar surface area (TPSA) is 77.4 Å². The summed E-state index contributed by atoms with van der Waals surface area (Å²) in [6, 6.07) is 0. The van der Waals surface area contributed by atoms with Crippen molar-refractivity contribution in [3.05, 3.63) is 20.7 Å². The molecule has 0 saturated carbocycles. The highest BCUT2D eigenvalue weighted by molar-refractivity contribution is 7.07. The van der Waals surface area contributed by atoms with Crippen LogP contribution in [0.5, 0.6) is 0 Å². The van der Waals surface area contributed by atoms with Crippen molar-refractivity contribution in [1.82, 2.24) is 9.88 Å². The number of thiazole rings is 1. The predicted molar refractivity (Wildman–Crippen MR) is 75.4 cm³/mol. The third-order valence-corrected chi connectivity index (χ3v) is 3.37. The van der Waals surface area contributed by atoms with Crippen molar-refractivity contribution in [2.75, 3.05) is 13.2 Å². The van der Waals surface area contributed by atoms with E-state index in [4.69, 9.17) is 11.2 Å². The number of aromatic nitrogens is 1. The Hall–Kier alpha value is -2.07. The molecule has 20 heavy (non-hydrogen) atoms. The number of aryl methyl sites for hydroxylation is 1. The molecule has 1 aromatic heterocycles. The lowest BCUT2D eigenvalue weighted by Gasteiger charge is -2.06. The van der Waals surface area contributed by atoms with Gasteiger partial charge in [0.1, 0.15) is 0 Å². The van der Waals surface area contributed by atoms with Gasteiger partial charge in [-0.2, -0.15) is 0 Å². The first kappa shape index (κ1) is 16.0. The quantitative estimate of drug-likeness (QED) is 0.579. The van der Waals surface area contributed by atoms with Crippen LogP contribution < -0.4 is 10.2 Å². The first-order valence-corrected chi connectivity index (χ1v) is 6.93. The Kier molecular flexibility index (Phi) is 6.53. The van der Waals surface area contributed by atoms with Gasteiger partial charge in [0.25, 0.3) is 5.91 Å². The summed E-state index contributed by atoms with van der Waals surface area (Å²) < 4.78 is 6.39. The van der Waals surface area contributed by atoms with Crippen LogP contribution in [0.4, 0.5) is 0 Å². The number of hydrogen-bond donors (Lipinski definition) is 1. The minimum absolute atomic E-state index is 0.0375. The fraction of sp³-hybridized carbons (Fsp3) is 0.462. The molecule has 0 saturated heterocycles. The average molecular weight is 296 g/mol. The fourth-order valence-corrected chi connectivity index (χ4v) is 2.24. The molecule has 1 heterocycles. The number of esters is 1. The zero-order chi connectivity index (χ0) is 15.0. The molecule has 0 aliphatic carbocycles. The van der Waals surface area contributed by atoms with Crippen molar-refractivity contribution in [3.8, 4) is 12.3 Å². The van der Waals surface area contributed by atoms with E-state index >= 15 is 0 Å². The molecular weight excluding hydrogens is 280 g/mol. The Morgan fingerprint density at radius 2 is 2.30 bits per heavy atom. The van der Waals surface area contributed by atoms with Gasteiger partial charge in [0, 0.05) is 24.0 Å². The summed E-state index contributed by atoms with van der Waals surface area (Å²) in [6.45, 7) is 2.08. The minimum Gasteiger partial charge on any atom is -0.456 e. The minimum atomic E-state index is -0.471. The van der Waals surface area contributed by atoms with Gasteiger partial charge in [-0.1, -0.05) is 17.3 Å². The van der Waals surface area contributed by atoms with Gasteiger partial charge in [-0.25, -0.2) is 0 Å². The molecule has 0 aliphatic rings. The van der Waals surface area contributed by atoms with Crippen molar-refractivity contribution in [1.29, 1.82) is 0 Å². The molecule has 0 atom stereocenters. The molecule has 7 heteroatoms. The van der Waals surface area contributed by atoms with Crippen molar-refractivity contribution >= 4 is 23.2 Å². The average Bonchev–Trinajstić information content (AvgIpc) is 2.74. The molecule has 6 nitrogen and oxygen atoms in total. The van der Waals surface area contributed by atoms with Gasteiger partial charge in [-0.3, -0.25) is 14.4 Å². The normalized spacial score (nSPS) is 9.80. The molecule has 0 fully saturated rings. The molecule has 0 unspecified atom stereocenters. The number of ether oxygens (including phenoxy) is 1. The van der Waals surface area contributed by atoms with Crippen molar-refractivity contribution in [2.24, 2.45) is 0 Å². The zero-order valence-corrected chi connectivity index (χ0v) is 12.0. The first-order chi connectivity index (χ1) is 9.54. The standard InChI is InChI=1S/C13H16N2O4S/c1-3-6-14-11(16)8-19-12(17)5-4-7-15-10(2)9-20-13(15)18/h1,9H,4-8H2,2H3,(H,14,16). The maximum absolute atomic E-state index is 11.4. The van der Waals surface area contributed by atoms with Gasteiger partial charge in [-0.05, 0) is 13.3 Å². The smallest absolute Gasteiger partial charge is 0.307 e. The van der Waals surface area contributed by atoms with Crippen LogP contribution in [0.25, 0.3) is 0 Å². The molecule has 0 radical (unpaired) electrons. The first-order valence-electron chi connectivity index (χ1n) is 6.05. The monoisotopic (exact) mass is 296 g/mol. The van der Waals surface area contributed by atoms with Gasteiger partial charge in [0.05, 0.1) is 6.54 Å². The van der Waals surface area contributed by atoms with E-state index in [2.05, 4.69) is 11.2 Å². The number of carbonyl (C=O) groups excluding carboxylic acids is 2. The number of amides is 1. The number of carbonyl (C=O) groups is 2. The second-order valence-electron chi connectivity index (χ2n) is 4.04. The zero-order valence-electron chi connectivity index (χ0n) is 11.2. The number of terminal acetylenes is 1. The van der Waals surface area contributed by atoms with Crippen molar-refractivity contribution in [2.45, 2.75) is 26.3 Å². The summed E-state index contributed by atoms with van der Waals surface area (Å²) in [4.78, 5) is 33.9. The van der Waals surface area contributed by atoms with E-state index in [-0.39, 0.29) is 24.4 Å². The SMILES string of the molecule is C#CCNC(=O)COC(=O)CCCn1c(C)csc1=O. The second-order valence-corrected chi connectivity index (χ2v) is 4.86. The third kappa shape index (κ3) is 5.28. The lowest BCUT2D eigenvalue weighted by Crippen LogP contribution is -2.29. The van der Waals surface area contributed by atoms with E-state index in [0.717, 1.165) is 17.0 Å². The van der Waals surface area contributed by atoms with Crippen LogP contribution in [0.3, 0.4) is 0 Å². The molecule has 0 aromatic carbocycles. The van der Waals surface area contributed by atoms with Crippen LogP contribution in [0.2, 0.25) is 0 Å². The van der Waals surface area contributed by atoms with Crippen LogP contribution in [0.1, 0.15) is 18.5 Å². The van der Waals surface area contributed by atoms with Crippen LogP contribution in [0, 0.1) is 19.3 Å². The van der Waals surface area contributed by atoms with Gasteiger partial charge < -0.3 is 14.6 Å². The van der Waals surface area contributed by atoms with Gasteiger partial charge in [0.2, 0.25) is 0 Å². The van der Waals surface area contributed by atoms with Gasteiger partial charge in [0.15, 0.2) is 6.61 Å². The molecular formula is C13H16N2O4S. The molecule has 1 rings (SSSR count). The highest BCUT2D eigenvalue weighted by Crippen LogP contribution is 2.02. The Morgan fingerprint density at radius 1 is 1.55 bits per heavy atom. The van der Waals surface area contributed by atoms with Crippen LogP contribution in [-0.4, -0.2) is 29.6 Å². The molecule has 0 bridgehead atoms. The van der Waals surface area contributed by atoms with Gasteiger partial charge >= 0.3 is 10.8 Å². The Labute approximate surface area is 120 Å². The molecule has 1 N–H and O–H groups in total. The van der Waals surface area contributed by atoms with Gasteiger partial charge in [-0.15, -0.1) is 6.42 Å². The summed E-state index contributed by atoms with van der Waals surface area (Å²) in [5, 5.41) is 4.16. The Morgan fingerprint density at radius 3 is 2.90 bits per heavy atom. The maximum Gasteiger partial charge on any atom is 0.307 e. The maximum atomic E-state index is 11.4. The third-order valence-electron chi connectivity index (χ3n) is 2.49. The second kappa shape index (κ2) is 8.17. The highest BCUT2D eigenvalue weighted by Gasteiger charge is 2.08. The Balaban J connectivity index is 2.23. The summed E-state index contributed by atoms with van der Waals surface area (Å²) in [5.74, 6) is 1.34. The van der Waals surface area contributed by atoms with Crippen LogP contribution in [0.15, 0.2) is 10.2 Å². The van der Waals surface area contributed by atoms with E-state index in [1.807, 2.05) is 6.92 Å².